The van der Waals surface area contributed by atoms with Gasteiger partial charge in [-0.1, -0.05) is 19.3 Å². The lowest BCUT2D eigenvalue weighted by Crippen LogP contribution is -2.12. The second-order valence-corrected chi connectivity index (χ2v) is 2.90. The molecule has 0 aliphatic heterocycles. The van der Waals surface area contributed by atoms with Crippen LogP contribution in [0.4, 0.5) is 0 Å². The fourth-order valence-electron chi connectivity index (χ4n) is 0.992. The van der Waals surface area contributed by atoms with Crippen LogP contribution in [-0.2, 0) is 0 Å². The van der Waals surface area contributed by atoms with Gasteiger partial charge in [0.1, 0.15) is 5.69 Å². The SMILES string of the molecule is CCCCC#Cc1[nH]cnc1C(N)=O. The molecular formula is C10H13N3O. The first kappa shape index (κ1) is 10.3. The third kappa shape index (κ3) is 2.63. The maximum atomic E-state index is 10.8. The van der Waals surface area contributed by atoms with Crippen molar-refractivity contribution in [2.24, 2.45) is 5.73 Å². The van der Waals surface area contributed by atoms with E-state index < -0.39 is 5.91 Å². The number of H-pyrrole nitrogens is 1. The number of hydrogen-bond acceptors (Lipinski definition) is 2. The smallest absolute Gasteiger partial charge is 0.270 e. The molecule has 0 radical (unpaired) electrons. The maximum Gasteiger partial charge on any atom is 0.270 e. The molecule has 1 rings (SSSR count). The molecule has 1 aromatic heterocycles. The molecule has 0 aliphatic carbocycles. The van der Waals surface area contributed by atoms with Crippen molar-refractivity contribution in [1.29, 1.82) is 0 Å². The third-order valence-corrected chi connectivity index (χ3v) is 1.74. The molecule has 0 saturated carbocycles. The van der Waals surface area contributed by atoms with Gasteiger partial charge in [-0.15, -0.1) is 0 Å². The van der Waals surface area contributed by atoms with Crippen molar-refractivity contribution in [3.8, 4) is 11.8 Å². The molecule has 0 spiro atoms. The molecule has 4 nitrogen and oxygen atoms in total. The second kappa shape index (κ2) is 5.07. The Hall–Kier alpha value is -1.76. The molecule has 0 aromatic carbocycles. The fourth-order valence-corrected chi connectivity index (χ4v) is 0.992. The minimum Gasteiger partial charge on any atom is -0.364 e. The Labute approximate surface area is 82.9 Å². The Kier molecular flexibility index (Phi) is 3.74. The highest BCUT2D eigenvalue weighted by molar-refractivity contribution is 5.92. The number of nitrogens with one attached hydrogen (secondary N) is 1. The van der Waals surface area contributed by atoms with Gasteiger partial charge in [0.05, 0.1) is 6.33 Å². The highest BCUT2D eigenvalue weighted by Crippen LogP contribution is 1.99. The normalized spacial score (nSPS) is 9.21. The summed E-state index contributed by atoms with van der Waals surface area (Å²) in [6, 6.07) is 0. The summed E-state index contributed by atoms with van der Waals surface area (Å²) in [4.78, 5) is 17.4. The molecule has 0 atom stereocenters. The summed E-state index contributed by atoms with van der Waals surface area (Å²) in [5, 5.41) is 0. The molecule has 0 aliphatic rings. The van der Waals surface area contributed by atoms with Crippen LogP contribution in [0, 0.1) is 11.8 Å². The summed E-state index contributed by atoms with van der Waals surface area (Å²) in [7, 11) is 0. The summed E-state index contributed by atoms with van der Waals surface area (Å²) in [5.41, 5.74) is 5.82. The lowest BCUT2D eigenvalue weighted by molar-refractivity contribution is 0.0996. The second-order valence-electron chi connectivity index (χ2n) is 2.90. The molecule has 0 saturated heterocycles. The van der Waals surface area contributed by atoms with Gasteiger partial charge >= 0.3 is 0 Å². The fraction of sp³-hybridized carbons (Fsp3) is 0.400. The van der Waals surface area contributed by atoms with Crippen LogP contribution in [0.2, 0.25) is 0 Å². The van der Waals surface area contributed by atoms with Gasteiger partial charge in [-0.2, -0.15) is 0 Å². The van der Waals surface area contributed by atoms with E-state index in [1.165, 1.54) is 6.33 Å². The zero-order chi connectivity index (χ0) is 10.4. The molecule has 1 amide bonds. The number of primary amides is 1. The lowest BCUT2D eigenvalue weighted by Gasteiger charge is -1.88. The predicted molar refractivity (Wildman–Crippen MR) is 53.5 cm³/mol. The summed E-state index contributed by atoms with van der Waals surface area (Å²) < 4.78 is 0. The number of aromatic amines is 1. The van der Waals surface area contributed by atoms with E-state index in [1.807, 2.05) is 0 Å². The molecule has 74 valence electrons. The quantitative estimate of drug-likeness (QED) is 0.553. The highest BCUT2D eigenvalue weighted by Gasteiger charge is 2.07. The highest BCUT2D eigenvalue weighted by atomic mass is 16.1. The molecule has 3 N–H and O–H groups in total. The van der Waals surface area contributed by atoms with Gasteiger partial charge in [-0.3, -0.25) is 4.79 Å². The van der Waals surface area contributed by atoms with Crippen molar-refractivity contribution in [2.45, 2.75) is 26.2 Å². The minimum absolute atomic E-state index is 0.217. The number of hydrogen-bond donors (Lipinski definition) is 2. The Morgan fingerprint density at radius 3 is 3.14 bits per heavy atom. The molecule has 1 aromatic rings. The lowest BCUT2D eigenvalue weighted by atomic mass is 10.2. The topological polar surface area (TPSA) is 71.8 Å². The molecular weight excluding hydrogens is 178 g/mol. The number of nitrogens with two attached hydrogens (primary N) is 1. The number of unbranched alkanes of at least 4 members (excludes halogenated alkanes) is 2. The number of rotatable bonds is 3. The van der Waals surface area contributed by atoms with E-state index in [4.69, 9.17) is 5.73 Å². The first-order valence-corrected chi connectivity index (χ1v) is 4.57. The van der Waals surface area contributed by atoms with Crippen molar-refractivity contribution in [3.63, 3.8) is 0 Å². The van der Waals surface area contributed by atoms with Crippen molar-refractivity contribution in [3.05, 3.63) is 17.7 Å². The van der Waals surface area contributed by atoms with Crippen LogP contribution in [-0.4, -0.2) is 15.9 Å². The van der Waals surface area contributed by atoms with Gasteiger partial charge < -0.3 is 10.7 Å². The summed E-state index contributed by atoms with van der Waals surface area (Å²) in [6.07, 6.45) is 4.42. The van der Waals surface area contributed by atoms with Gasteiger partial charge in [0.15, 0.2) is 5.69 Å². The zero-order valence-corrected chi connectivity index (χ0v) is 8.13. The minimum atomic E-state index is -0.550. The van der Waals surface area contributed by atoms with Crippen LogP contribution in [0.5, 0.6) is 0 Å². The molecule has 1 heterocycles. The summed E-state index contributed by atoms with van der Waals surface area (Å²) in [6.45, 7) is 2.10. The maximum absolute atomic E-state index is 10.8. The van der Waals surface area contributed by atoms with Crippen LogP contribution < -0.4 is 5.73 Å². The number of carbonyl (C=O) groups is 1. The van der Waals surface area contributed by atoms with E-state index in [0.717, 1.165) is 19.3 Å². The van der Waals surface area contributed by atoms with Gasteiger partial charge in [-0.25, -0.2) is 4.98 Å². The number of nitrogens with zero attached hydrogens (tertiary/aromatic N) is 1. The molecule has 4 heteroatoms. The van der Waals surface area contributed by atoms with Gasteiger partial charge in [0.2, 0.25) is 0 Å². The Morgan fingerprint density at radius 2 is 2.50 bits per heavy atom. The largest absolute Gasteiger partial charge is 0.364 e. The van der Waals surface area contributed by atoms with Crippen LogP contribution >= 0.6 is 0 Å². The molecule has 0 unspecified atom stereocenters. The molecule has 14 heavy (non-hydrogen) atoms. The van der Waals surface area contributed by atoms with E-state index in [-0.39, 0.29) is 5.69 Å². The Bertz CT molecular complexity index is 370. The van der Waals surface area contributed by atoms with Crippen LogP contribution in [0.15, 0.2) is 6.33 Å². The standard InChI is InChI=1S/C10H13N3O/c1-2-3-4-5-6-8-9(10(11)14)13-7-12-8/h7H,2-4H2,1H3,(H2,11,14)(H,12,13). The monoisotopic (exact) mass is 191 g/mol. The van der Waals surface area contributed by atoms with Crippen molar-refractivity contribution < 1.29 is 4.79 Å². The van der Waals surface area contributed by atoms with Gasteiger partial charge in [0.25, 0.3) is 5.91 Å². The number of carbonyl (C=O) groups excluding carboxylic acids is 1. The van der Waals surface area contributed by atoms with Crippen molar-refractivity contribution >= 4 is 5.91 Å². The van der Waals surface area contributed by atoms with Crippen LogP contribution in [0.25, 0.3) is 0 Å². The third-order valence-electron chi connectivity index (χ3n) is 1.74. The van der Waals surface area contributed by atoms with E-state index in [1.54, 1.807) is 0 Å². The number of aromatic nitrogens is 2. The van der Waals surface area contributed by atoms with Crippen LogP contribution in [0.1, 0.15) is 42.4 Å². The molecule has 0 fully saturated rings. The van der Waals surface area contributed by atoms with Crippen molar-refractivity contribution in [2.75, 3.05) is 0 Å². The van der Waals surface area contributed by atoms with Crippen LogP contribution in [0.3, 0.4) is 0 Å². The van der Waals surface area contributed by atoms with Crippen molar-refractivity contribution in [1.82, 2.24) is 9.97 Å². The predicted octanol–water partition coefficient (Wildman–Crippen LogP) is 1.05. The number of imidazole rings is 1. The first-order valence-electron chi connectivity index (χ1n) is 4.57. The Morgan fingerprint density at radius 1 is 1.71 bits per heavy atom. The van der Waals surface area contributed by atoms with Gasteiger partial charge in [0, 0.05) is 6.42 Å². The van der Waals surface area contributed by atoms with E-state index >= 15 is 0 Å². The average Bonchev–Trinajstić information content (AvgIpc) is 2.60. The van der Waals surface area contributed by atoms with E-state index in [9.17, 15) is 4.79 Å². The first-order chi connectivity index (χ1) is 6.75. The molecule has 0 bridgehead atoms. The van der Waals surface area contributed by atoms with Gasteiger partial charge in [-0.05, 0) is 12.3 Å². The number of amides is 1. The average molecular weight is 191 g/mol. The summed E-state index contributed by atoms with van der Waals surface area (Å²) >= 11 is 0. The zero-order valence-electron chi connectivity index (χ0n) is 8.13. The summed E-state index contributed by atoms with van der Waals surface area (Å²) in [5.74, 6) is 5.25. The van der Waals surface area contributed by atoms with E-state index in [0.29, 0.717) is 5.69 Å². The van der Waals surface area contributed by atoms with E-state index in [2.05, 4.69) is 28.7 Å². The Balaban J connectivity index is 2.69.